The molecule has 0 saturated heterocycles. The molecule has 0 spiro atoms. The Morgan fingerprint density at radius 3 is 2.33 bits per heavy atom. The Morgan fingerprint density at radius 2 is 1.75 bits per heavy atom. The topological polar surface area (TPSA) is 94.0 Å². The SMILES string of the molecule is CS(=O)(=O)c1ccc(-c2cc(NC=O)nn2-c2ccncc2)cc1. The van der Waals surface area contributed by atoms with Crippen LogP contribution in [0.3, 0.4) is 0 Å². The molecule has 0 bridgehead atoms. The van der Waals surface area contributed by atoms with E-state index in [1.54, 1.807) is 59.5 Å². The molecular weight excluding hydrogens is 328 g/mol. The van der Waals surface area contributed by atoms with Crippen LogP contribution in [0.5, 0.6) is 0 Å². The third kappa shape index (κ3) is 3.18. The summed E-state index contributed by atoms with van der Waals surface area (Å²) in [7, 11) is -3.26. The van der Waals surface area contributed by atoms with Crippen molar-refractivity contribution in [1.82, 2.24) is 14.8 Å². The molecule has 0 aliphatic rings. The zero-order valence-corrected chi connectivity index (χ0v) is 13.6. The maximum Gasteiger partial charge on any atom is 0.212 e. The Kier molecular flexibility index (Phi) is 4.13. The number of aromatic nitrogens is 3. The summed E-state index contributed by atoms with van der Waals surface area (Å²) in [5.74, 6) is 0.393. The van der Waals surface area contributed by atoms with E-state index in [1.165, 1.54) is 0 Å². The minimum atomic E-state index is -3.26. The van der Waals surface area contributed by atoms with Crippen LogP contribution in [0.1, 0.15) is 0 Å². The lowest BCUT2D eigenvalue weighted by Gasteiger charge is -2.07. The summed E-state index contributed by atoms with van der Waals surface area (Å²) in [4.78, 5) is 14.9. The number of anilines is 1. The summed E-state index contributed by atoms with van der Waals surface area (Å²) < 4.78 is 24.8. The van der Waals surface area contributed by atoms with E-state index in [0.717, 1.165) is 17.5 Å². The van der Waals surface area contributed by atoms with Crippen molar-refractivity contribution in [2.45, 2.75) is 4.90 Å². The molecule has 1 N–H and O–H groups in total. The van der Waals surface area contributed by atoms with E-state index >= 15 is 0 Å². The standard InChI is InChI=1S/C16H14N4O3S/c1-24(22,23)14-4-2-12(3-5-14)15-10-16(18-11-21)19-20(15)13-6-8-17-9-7-13/h2-11H,1H3,(H,18,19,21). The van der Waals surface area contributed by atoms with Crippen molar-refractivity contribution in [3.8, 4) is 16.9 Å². The van der Waals surface area contributed by atoms with Gasteiger partial charge in [-0.05, 0) is 24.3 Å². The largest absolute Gasteiger partial charge is 0.312 e. The lowest BCUT2D eigenvalue weighted by Crippen LogP contribution is -2.01. The minimum Gasteiger partial charge on any atom is -0.312 e. The molecule has 24 heavy (non-hydrogen) atoms. The molecule has 3 rings (SSSR count). The van der Waals surface area contributed by atoms with Gasteiger partial charge >= 0.3 is 0 Å². The van der Waals surface area contributed by atoms with Crippen molar-refractivity contribution in [1.29, 1.82) is 0 Å². The second kappa shape index (κ2) is 6.25. The van der Waals surface area contributed by atoms with Gasteiger partial charge in [0.2, 0.25) is 6.41 Å². The van der Waals surface area contributed by atoms with Crippen molar-refractivity contribution in [3.05, 3.63) is 54.9 Å². The number of pyridine rings is 1. The van der Waals surface area contributed by atoms with Crippen LogP contribution in [0.2, 0.25) is 0 Å². The Labute approximate surface area is 138 Å². The van der Waals surface area contributed by atoms with Crippen LogP contribution in [0.25, 0.3) is 16.9 Å². The summed E-state index contributed by atoms with van der Waals surface area (Å²) in [6.45, 7) is 0. The fourth-order valence-corrected chi connectivity index (χ4v) is 2.90. The van der Waals surface area contributed by atoms with Crippen LogP contribution < -0.4 is 5.32 Å². The third-order valence-corrected chi connectivity index (χ3v) is 4.53. The van der Waals surface area contributed by atoms with Crippen LogP contribution >= 0.6 is 0 Å². The predicted molar refractivity (Wildman–Crippen MR) is 89.6 cm³/mol. The number of rotatable bonds is 5. The molecule has 0 radical (unpaired) electrons. The van der Waals surface area contributed by atoms with E-state index < -0.39 is 9.84 Å². The third-order valence-electron chi connectivity index (χ3n) is 3.40. The molecule has 8 heteroatoms. The van der Waals surface area contributed by atoms with Crippen LogP contribution in [-0.4, -0.2) is 35.8 Å². The van der Waals surface area contributed by atoms with E-state index in [-0.39, 0.29) is 4.90 Å². The highest BCUT2D eigenvalue weighted by atomic mass is 32.2. The van der Waals surface area contributed by atoms with Gasteiger partial charge in [-0.25, -0.2) is 13.1 Å². The first-order chi connectivity index (χ1) is 11.5. The number of nitrogens with one attached hydrogen (secondary N) is 1. The van der Waals surface area contributed by atoms with Crippen molar-refractivity contribution < 1.29 is 13.2 Å². The monoisotopic (exact) mass is 342 g/mol. The fraction of sp³-hybridized carbons (Fsp3) is 0.0625. The zero-order valence-electron chi connectivity index (χ0n) is 12.7. The summed E-state index contributed by atoms with van der Waals surface area (Å²) >= 11 is 0. The van der Waals surface area contributed by atoms with Crippen molar-refractivity contribution in [2.75, 3.05) is 11.6 Å². The first-order valence-electron chi connectivity index (χ1n) is 7.00. The van der Waals surface area contributed by atoms with Crippen molar-refractivity contribution in [2.24, 2.45) is 0 Å². The lowest BCUT2D eigenvalue weighted by molar-refractivity contribution is -0.105. The molecule has 7 nitrogen and oxygen atoms in total. The van der Waals surface area contributed by atoms with Gasteiger partial charge in [0.25, 0.3) is 0 Å². The predicted octanol–water partition coefficient (Wildman–Crippen LogP) is 1.91. The van der Waals surface area contributed by atoms with E-state index in [2.05, 4.69) is 15.4 Å². The molecule has 0 aliphatic carbocycles. The molecule has 2 aromatic heterocycles. The minimum absolute atomic E-state index is 0.243. The summed E-state index contributed by atoms with van der Waals surface area (Å²) in [6, 6.07) is 11.8. The smallest absolute Gasteiger partial charge is 0.212 e. The summed E-state index contributed by atoms with van der Waals surface area (Å²) in [5.41, 5.74) is 2.25. The molecule has 1 aromatic carbocycles. The molecule has 0 atom stereocenters. The van der Waals surface area contributed by atoms with E-state index in [1.807, 2.05) is 0 Å². The van der Waals surface area contributed by atoms with Gasteiger partial charge in [0.05, 0.1) is 16.3 Å². The molecule has 0 unspecified atom stereocenters. The highest BCUT2D eigenvalue weighted by Gasteiger charge is 2.13. The number of nitrogens with zero attached hydrogens (tertiary/aromatic N) is 3. The zero-order chi connectivity index (χ0) is 17.2. The number of benzene rings is 1. The van der Waals surface area contributed by atoms with Gasteiger partial charge in [-0.3, -0.25) is 9.78 Å². The Balaban J connectivity index is 2.11. The van der Waals surface area contributed by atoms with Crippen LogP contribution in [0.15, 0.2) is 59.8 Å². The van der Waals surface area contributed by atoms with Crippen molar-refractivity contribution >= 4 is 22.1 Å². The average Bonchev–Trinajstić information content (AvgIpc) is 2.99. The Bertz CT molecular complexity index is 964. The molecule has 2 heterocycles. The van der Waals surface area contributed by atoms with Gasteiger partial charge in [-0.1, -0.05) is 12.1 Å². The second-order valence-corrected chi connectivity index (χ2v) is 7.11. The molecular formula is C16H14N4O3S. The molecule has 0 saturated carbocycles. The Hall–Kier alpha value is -3.00. The van der Waals surface area contributed by atoms with Crippen molar-refractivity contribution in [3.63, 3.8) is 0 Å². The van der Waals surface area contributed by atoms with E-state index in [0.29, 0.717) is 17.9 Å². The van der Waals surface area contributed by atoms with Gasteiger partial charge < -0.3 is 5.32 Å². The first kappa shape index (κ1) is 15.9. The van der Waals surface area contributed by atoms with E-state index in [4.69, 9.17) is 0 Å². The normalized spacial score (nSPS) is 11.2. The molecule has 0 fully saturated rings. The molecule has 1 amide bonds. The highest BCUT2D eigenvalue weighted by Crippen LogP contribution is 2.26. The Morgan fingerprint density at radius 1 is 1.08 bits per heavy atom. The van der Waals surface area contributed by atoms with E-state index in [9.17, 15) is 13.2 Å². The van der Waals surface area contributed by atoms with Gasteiger partial charge in [-0.2, -0.15) is 0 Å². The van der Waals surface area contributed by atoms with Gasteiger partial charge in [0.1, 0.15) is 0 Å². The number of amides is 1. The quantitative estimate of drug-likeness (QED) is 0.715. The second-order valence-electron chi connectivity index (χ2n) is 5.09. The van der Waals surface area contributed by atoms with Gasteiger partial charge in [-0.15, -0.1) is 5.10 Å². The maximum atomic E-state index is 11.6. The van der Waals surface area contributed by atoms with Crippen LogP contribution in [0.4, 0.5) is 5.82 Å². The van der Waals surface area contributed by atoms with Gasteiger partial charge in [0.15, 0.2) is 15.7 Å². The van der Waals surface area contributed by atoms with Crippen LogP contribution in [-0.2, 0) is 14.6 Å². The van der Waals surface area contributed by atoms with Gasteiger partial charge in [0, 0.05) is 30.3 Å². The van der Waals surface area contributed by atoms with Crippen LogP contribution in [0, 0.1) is 0 Å². The highest BCUT2D eigenvalue weighted by molar-refractivity contribution is 7.90. The number of carbonyl (C=O) groups is 1. The lowest BCUT2D eigenvalue weighted by atomic mass is 10.1. The average molecular weight is 342 g/mol. The summed E-state index contributed by atoms with van der Waals surface area (Å²) in [5, 5.41) is 6.87. The number of hydrogen-bond acceptors (Lipinski definition) is 5. The number of carbonyl (C=O) groups excluding carboxylic acids is 1. The molecule has 122 valence electrons. The fourth-order valence-electron chi connectivity index (χ4n) is 2.27. The summed E-state index contributed by atoms with van der Waals surface area (Å²) in [6.07, 6.45) is 4.99. The maximum absolute atomic E-state index is 11.6. The molecule has 0 aliphatic heterocycles. The number of hydrogen-bond donors (Lipinski definition) is 1. The number of sulfone groups is 1. The first-order valence-corrected chi connectivity index (χ1v) is 8.89. The molecule has 3 aromatic rings.